The number of para-hydroxylation sites is 1. The van der Waals surface area contributed by atoms with Crippen LogP contribution >= 0.6 is 11.8 Å². The maximum absolute atomic E-state index is 9.55. The normalized spacial score (nSPS) is 14.8. The van der Waals surface area contributed by atoms with E-state index in [1.54, 1.807) is 11.8 Å². The first-order chi connectivity index (χ1) is 23.7. The van der Waals surface area contributed by atoms with Gasteiger partial charge in [0.15, 0.2) is 5.82 Å². The van der Waals surface area contributed by atoms with E-state index in [4.69, 9.17) is 9.97 Å². The largest absolute Gasteiger partial charge is 0.228 e. The first-order valence-electron chi connectivity index (χ1n) is 16.7. The van der Waals surface area contributed by atoms with Crippen molar-refractivity contribution in [3.8, 4) is 51.0 Å². The standard InChI is InChI=1S/C45H33N3S/c1-44(2)35-15-9-7-12-31(35)32-20-18-29(24-37(32)44)42-34-14-8-10-16-39(34)47-43(48-42)33-13-6-5-11-30(33)28-19-21-36-41(25-28)49-40-22-17-27(26-46)23-38(40)45(36,3)4/h5-25H,1-4H3. The van der Waals surface area contributed by atoms with Gasteiger partial charge < -0.3 is 0 Å². The third-order valence-corrected chi connectivity index (χ3v) is 11.7. The Morgan fingerprint density at radius 1 is 0.531 bits per heavy atom. The Labute approximate surface area is 291 Å². The van der Waals surface area contributed by atoms with E-state index in [0.29, 0.717) is 11.4 Å². The van der Waals surface area contributed by atoms with Gasteiger partial charge in [0.25, 0.3) is 0 Å². The lowest BCUT2D eigenvalue weighted by molar-refractivity contribution is 0.607. The molecule has 0 saturated heterocycles. The van der Waals surface area contributed by atoms with Gasteiger partial charge in [0.05, 0.1) is 22.8 Å². The molecule has 0 amide bonds. The fraction of sp³-hybridized carbons (Fsp3) is 0.133. The number of fused-ring (bicyclic) bond motifs is 6. The van der Waals surface area contributed by atoms with Crippen LogP contribution in [0, 0.1) is 11.3 Å². The molecule has 0 radical (unpaired) electrons. The SMILES string of the molecule is CC1(C)c2ccc(-c3ccccc3-c3nc(-c4ccc5c(c4)C(C)(C)c4ccccc4-5)c4ccccc4n3)cc2Sc2ccc(C#N)cc21. The molecule has 1 aliphatic heterocycles. The van der Waals surface area contributed by atoms with Crippen LogP contribution in [-0.4, -0.2) is 9.97 Å². The minimum absolute atomic E-state index is 0.0995. The minimum Gasteiger partial charge on any atom is -0.228 e. The Bertz CT molecular complexity index is 2550. The Balaban J connectivity index is 1.18. The van der Waals surface area contributed by atoms with E-state index in [9.17, 15) is 5.26 Å². The van der Waals surface area contributed by atoms with Crippen LogP contribution < -0.4 is 0 Å². The van der Waals surface area contributed by atoms with Crippen LogP contribution in [-0.2, 0) is 10.8 Å². The summed E-state index contributed by atoms with van der Waals surface area (Å²) in [5.41, 5.74) is 14.4. The second-order valence-electron chi connectivity index (χ2n) is 14.2. The van der Waals surface area contributed by atoms with Crippen LogP contribution in [0.15, 0.2) is 137 Å². The van der Waals surface area contributed by atoms with E-state index < -0.39 is 0 Å². The fourth-order valence-corrected chi connectivity index (χ4v) is 9.35. The van der Waals surface area contributed by atoms with Crippen molar-refractivity contribution in [2.75, 3.05) is 0 Å². The summed E-state index contributed by atoms with van der Waals surface area (Å²) in [5, 5.41) is 10.6. The first kappa shape index (κ1) is 29.6. The molecule has 0 atom stereocenters. The highest BCUT2D eigenvalue weighted by atomic mass is 32.2. The van der Waals surface area contributed by atoms with Crippen molar-refractivity contribution in [3.63, 3.8) is 0 Å². The second-order valence-corrected chi connectivity index (χ2v) is 15.2. The molecule has 3 nitrogen and oxygen atoms in total. The number of nitrogens with zero attached hydrogens (tertiary/aromatic N) is 3. The van der Waals surface area contributed by atoms with Crippen molar-refractivity contribution in [1.29, 1.82) is 5.26 Å². The van der Waals surface area contributed by atoms with Crippen LogP contribution in [0.2, 0.25) is 0 Å². The number of hydrogen-bond acceptors (Lipinski definition) is 4. The van der Waals surface area contributed by atoms with Crippen molar-refractivity contribution in [1.82, 2.24) is 9.97 Å². The molecule has 49 heavy (non-hydrogen) atoms. The maximum atomic E-state index is 9.55. The minimum atomic E-state index is -0.219. The summed E-state index contributed by atoms with van der Waals surface area (Å²) in [5.74, 6) is 0.715. The highest BCUT2D eigenvalue weighted by molar-refractivity contribution is 7.99. The van der Waals surface area contributed by atoms with Crippen LogP contribution in [0.25, 0.3) is 55.8 Å². The molecule has 2 aliphatic rings. The zero-order valence-corrected chi connectivity index (χ0v) is 28.7. The van der Waals surface area contributed by atoms with Gasteiger partial charge in [0.2, 0.25) is 0 Å². The Morgan fingerprint density at radius 3 is 2.06 bits per heavy atom. The summed E-state index contributed by atoms with van der Waals surface area (Å²) < 4.78 is 0. The highest BCUT2D eigenvalue weighted by Crippen LogP contribution is 2.51. The number of nitriles is 1. The van der Waals surface area contributed by atoms with E-state index in [1.165, 1.54) is 43.2 Å². The average molecular weight is 648 g/mol. The fourth-order valence-electron chi connectivity index (χ4n) is 7.93. The Hall–Kier alpha value is -5.50. The van der Waals surface area contributed by atoms with Crippen molar-refractivity contribution < 1.29 is 0 Å². The number of hydrogen-bond donors (Lipinski definition) is 0. The molecular weight excluding hydrogens is 615 g/mol. The lowest BCUT2D eigenvalue weighted by Gasteiger charge is -2.35. The summed E-state index contributed by atoms with van der Waals surface area (Å²) in [4.78, 5) is 13.0. The van der Waals surface area contributed by atoms with E-state index in [0.717, 1.165) is 38.9 Å². The average Bonchev–Trinajstić information content (AvgIpc) is 3.36. The van der Waals surface area contributed by atoms with Crippen molar-refractivity contribution >= 4 is 22.7 Å². The van der Waals surface area contributed by atoms with Crippen molar-refractivity contribution in [2.24, 2.45) is 0 Å². The van der Waals surface area contributed by atoms with Gasteiger partial charge in [0, 0.05) is 37.1 Å². The first-order valence-corrected chi connectivity index (χ1v) is 17.5. The Morgan fingerprint density at radius 2 is 1.22 bits per heavy atom. The van der Waals surface area contributed by atoms with E-state index in [1.807, 2.05) is 12.1 Å². The van der Waals surface area contributed by atoms with Crippen molar-refractivity contribution in [2.45, 2.75) is 48.3 Å². The van der Waals surface area contributed by atoms with Gasteiger partial charge in [-0.05, 0) is 80.9 Å². The van der Waals surface area contributed by atoms with Gasteiger partial charge in [-0.25, -0.2) is 9.97 Å². The summed E-state index contributed by atoms with van der Waals surface area (Å²) in [6, 6.07) is 47.6. The quantitative estimate of drug-likeness (QED) is 0.191. The van der Waals surface area contributed by atoms with Crippen LogP contribution in [0.4, 0.5) is 0 Å². The lowest BCUT2D eigenvalue weighted by atomic mass is 9.76. The maximum Gasteiger partial charge on any atom is 0.161 e. The smallest absolute Gasteiger partial charge is 0.161 e. The lowest BCUT2D eigenvalue weighted by Crippen LogP contribution is -2.23. The third kappa shape index (κ3) is 4.50. The molecule has 7 aromatic rings. The van der Waals surface area contributed by atoms with Gasteiger partial charge in [-0.15, -0.1) is 0 Å². The molecule has 0 spiro atoms. The summed E-state index contributed by atoms with van der Waals surface area (Å²) in [7, 11) is 0. The van der Waals surface area contributed by atoms with Gasteiger partial charge >= 0.3 is 0 Å². The molecule has 6 aromatic carbocycles. The molecule has 0 fully saturated rings. The van der Waals surface area contributed by atoms with Crippen LogP contribution in [0.3, 0.4) is 0 Å². The van der Waals surface area contributed by atoms with Gasteiger partial charge in [-0.3, -0.25) is 0 Å². The predicted octanol–water partition coefficient (Wildman–Crippen LogP) is 11.6. The predicted molar refractivity (Wildman–Crippen MR) is 201 cm³/mol. The molecule has 2 heterocycles. The zero-order chi connectivity index (χ0) is 33.5. The second kappa shape index (κ2) is 10.8. The van der Waals surface area contributed by atoms with Crippen LogP contribution in [0.1, 0.15) is 55.5 Å². The van der Waals surface area contributed by atoms with E-state index in [-0.39, 0.29) is 10.8 Å². The van der Waals surface area contributed by atoms with Gasteiger partial charge in [-0.2, -0.15) is 5.26 Å². The molecule has 4 heteroatoms. The summed E-state index contributed by atoms with van der Waals surface area (Å²) in [6.45, 7) is 9.15. The van der Waals surface area contributed by atoms with Gasteiger partial charge in [-0.1, -0.05) is 130 Å². The summed E-state index contributed by atoms with van der Waals surface area (Å²) in [6.07, 6.45) is 0. The topological polar surface area (TPSA) is 49.6 Å². The molecule has 9 rings (SSSR count). The summed E-state index contributed by atoms with van der Waals surface area (Å²) >= 11 is 1.78. The zero-order valence-electron chi connectivity index (χ0n) is 27.9. The molecule has 234 valence electrons. The number of aromatic nitrogens is 2. The molecular formula is C45H33N3S. The highest BCUT2D eigenvalue weighted by Gasteiger charge is 2.36. The molecule has 0 unspecified atom stereocenters. The number of rotatable bonds is 3. The molecule has 0 saturated carbocycles. The molecule has 1 aliphatic carbocycles. The molecule has 0 N–H and O–H groups in total. The van der Waals surface area contributed by atoms with Crippen LogP contribution in [0.5, 0.6) is 0 Å². The van der Waals surface area contributed by atoms with Gasteiger partial charge in [0.1, 0.15) is 0 Å². The Kier molecular flexibility index (Phi) is 6.50. The third-order valence-electron chi connectivity index (χ3n) is 10.6. The van der Waals surface area contributed by atoms with E-state index >= 15 is 0 Å². The van der Waals surface area contributed by atoms with E-state index in [2.05, 4.69) is 149 Å². The molecule has 0 bridgehead atoms. The molecule has 1 aromatic heterocycles. The number of benzene rings is 6. The van der Waals surface area contributed by atoms with Crippen molar-refractivity contribution in [3.05, 3.63) is 155 Å². The monoisotopic (exact) mass is 647 g/mol.